The maximum Gasteiger partial charge on any atom is 1.00 e. The van der Waals surface area contributed by atoms with Crippen LogP contribution in [0.4, 0.5) is 0 Å². The zero-order valence-corrected chi connectivity index (χ0v) is 28.0. The minimum atomic E-state index is -4.20. The van der Waals surface area contributed by atoms with Crippen LogP contribution in [0.3, 0.4) is 0 Å². The summed E-state index contributed by atoms with van der Waals surface area (Å²) in [5.41, 5.74) is 0. The van der Waals surface area contributed by atoms with E-state index in [1.165, 1.54) is 154 Å². The van der Waals surface area contributed by atoms with E-state index in [4.69, 9.17) is 0 Å². The minimum absolute atomic E-state index is 0. The van der Waals surface area contributed by atoms with Gasteiger partial charge >= 0.3 is 29.6 Å². The molecule has 0 aromatic carbocycles. The Morgan fingerprint density at radius 3 is 0.973 bits per heavy atom. The van der Waals surface area contributed by atoms with Crippen LogP contribution in [-0.4, -0.2) is 29.9 Å². The number of aliphatic hydroxyl groups excluding tert-OH is 1. The molecule has 0 saturated heterocycles. The van der Waals surface area contributed by atoms with Crippen molar-refractivity contribution in [1.29, 1.82) is 0 Å². The third kappa shape index (κ3) is 36.9. The zero-order chi connectivity index (χ0) is 26.6. The molecular formula is C31H63NaO4S. The van der Waals surface area contributed by atoms with Gasteiger partial charge in [-0.2, -0.15) is 0 Å². The van der Waals surface area contributed by atoms with E-state index in [9.17, 15) is 18.1 Å². The second-order valence-electron chi connectivity index (χ2n) is 11.3. The first kappa shape index (κ1) is 40.0. The van der Waals surface area contributed by atoms with Crippen molar-refractivity contribution in [2.45, 2.75) is 193 Å². The largest absolute Gasteiger partial charge is 1.00 e. The Labute approximate surface area is 255 Å². The van der Waals surface area contributed by atoms with E-state index in [0.29, 0.717) is 6.42 Å². The minimum Gasteiger partial charge on any atom is -0.748 e. The van der Waals surface area contributed by atoms with Crippen molar-refractivity contribution in [3.05, 3.63) is 0 Å². The average molecular weight is 555 g/mol. The maximum absolute atomic E-state index is 10.6. The van der Waals surface area contributed by atoms with Crippen LogP contribution in [0.2, 0.25) is 0 Å². The summed E-state index contributed by atoms with van der Waals surface area (Å²) < 4.78 is 31.7. The summed E-state index contributed by atoms with van der Waals surface area (Å²) >= 11 is 0. The van der Waals surface area contributed by atoms with Crippen molar-refractivity contribution >= 4 is 10.1 Å². The van der Waals surface area contributed by atoms with Crippen LogP contribution >= 0.6 is 0 Å². The molecule has 0 spiro atoms. The molecule has 0 rings (SSSR count). The molecule has 0 aromatic rings. The fourth-order valence-corrected chi connectivity index (χ4v) is 5.68. The quantitative estimate of drug-likeness (QED) is 0.0599. The topological polar surface area (TPSA) is 77.4 Å². The van der Waals surface area contributed by atoms with Gasteiger partial charge in [0.2, 0.25) is 0 Å². The molecule has 4 nitrogen and oxygen atoms in total. The van der Waals surface area contributed by atoms with Crippen LogP contribution < -0.4 is 29.6 Å². The predicted octanol–water partition coefficient (Wildman–Crippen LogP) is 6.84. The van der Waals surface area contributed by atoms with E-state index in [-0.39, 0.29) is 36.0 Å². The molecule has 0 radical (unpaired) electrons. The Morgan fingerprint density at radius 1 is 0.486 bits per heavy atom. The van der Waals surface area contributed by atoms with E-state index in [2.05, 4.69) is 6.92 Å². The molecule has 0 aliphatic heterocycles. The molecule has 1 atom stereocenters. The molecule has 0 aromatic heterocycles. The van der Waals surface area contributed by atoms with E-state index >= 15 is 0 Å². The molecular weight excluding hydrogens is 491 g/mol. The van der Waals surface area contributed by atoms with E-state index in [1.807, 2.05) is 0 Å². The van der Waals surface area contributed by atoms with Crippen LogP contribution in [-0.2, 0) is 10.1 Å². The summed E-state index contributed by atoms with van der Waals surface area (Å²) in [7, 11) is -4.20. The normalized spacial score (nSPS) is 12.5. The molecule has 0 fully saturated rings. The molecule has 6 heteroatoms. The third-order valence-corrected chi connectivity index (χ3v) is 8.33. The molecule has 37 heavy (non-hydrogen) atoms. The van der Waals surface area contributed by atoms with Crippen molar-refractivity contribution in [3.63, 3.8) is 0 Å². The predicted molar refractivity (Wildman–Crippen MR) is 156 cm³/mol. The Kier molecular flexibility index (Phi) is 34.0. The second-order valence-corrected chi connectivity index (χ2v) is 12.9. The first-order valence-electron chi connectivity index (χ1n) is 16.1. The third-order valence-electron chi connectivity index (χ3n) is 7.59. The van der Waals surface area contributed by atoms with E-state index in [0.717, 1.165) is 12.8 Å². The molecule has 0 aliphatic rings. The van der Waals surface area contributed by atoms with Gasteiger partial charge in [-0.25, -0.2) is 8.42 Å². The van der Waals surface area contributed by atoms with Gasteiger partial charge < -0.3 is 9.66 Å². The monoisotopic (exact) mass is 554 g/mol. The number of aliphatic hydroxyl groups is 1. The van der Waals surface area contributed by atoms with Gasteiger partial charge in [-0.05, 0) is 12.8 Å². The molecule has 0 heterocycles. The molecule has 0 amide bonds. The molecule has 0 aliphatic carbocycles. The van der Waals surface area contributed by atoms with Gasteiger partial charge in [-0.1, -0.05) is 174 Å². The van der Waals surface area contributed by atoms with Crippen molar-refractivity contribution in [3.8, 4) is 0 Å². The first-order valence-corrected chi connectivity index (χ1v) is 17.6. The molecule has 1 unspecified atom stereocenters. The van der Waals surface area contributed by atoms with E-state index < -0.39 is 22.0 Å². The Balaban J connectivity index is 0. The fraction of sp³-hybridized carbons (Fsp3) is 1.00. The van der Waals surface area contributed by atoms with Crippen LogP contribution in [0.25, 0.3) is 0 Å². The van der Waals surface area contributed by atoms with Gasteiger partial charge in [0.05, 0.1) is 16.2 Å². The van der Waals surface area contributed by atoms with Crippen LogP contribution in [0.1, 0.15) is 187 Å². The number of hydrogen-bond acceptors (Lipinski definition) is 4. The van der Waals surface area contributed by atoms with Crippen molar-refractivity contribution < 1.29 is 47.6 Å². The molecule has 218 valence electrons. The van der Waals surface area contributed by atoms with Crippen molar-refractivity contribution in [1.82, 2.24) is 0 Å². The smallest absolute Gasteiger partial charge is 0.748 e. The Bertz CT molecular complexity index is 527. The van der Waals surface area contributed by atoms with Gasteiger partial charge in [0, 0.05) is 5.75 Å². The van der Waals surface area contributed by atoms with Crippen molar-refractivity contribution in [2.24, 2.45) is 0 Å². The maximum atomic E-state index is 10.6. The van der Waals surface area contributed by atoms with Gasteiger partial charge in [0.15, 0.2) is 0 Å². The van der Waals surface area contributed by atoms with Crippen LogP contribution in [0.5, 0.6) is 0 Å². The summed E-state index contributed by atoms with van der Waals surface area (Å²) in [6, 6.07) is 0. The Hall–Kier alpha value is 0.870. The number of rotatable bonds is 30. The number of hydrogen-bond donors (Lipinski definition) is 1. The van der Waals surface area contributed by atoms with Gasteiger partial charge in [-0.15, -0.1) is 0 Å². The van der Waals surface area contributed by atoms with Gasteiger partial charge in [0.25, 0.3) is 0 Å². The fourth-order valence-electron chi connectivity index (χ4n) is 5.12. The summed E-state index contributed by atoms with van der Waals surface area (Å²) in [4.78, 5) is 0. The molecule has 0 bridgehead atoms. The first-order chi connectivity index (χ1) is 17.5. The zero-order valence-electron chi connectivity index (χ0n) is 25.2. The summed E-state index contributed by atoms with van der Waals surface area (Å²) in [6.07, 6.45) is 35.7. The molecule has 0 saturated carbocycles. The summed E-state index contributed by atoms with van der Waals surface area (Å²) in [6.45, 7) is 2.29. The van der Waals surface area contributed by atoms with Crippen molar-refractivity contribution in [2.75, 3.05) is 5.75 Å². The summed E-state index contributed by atoms with van der Waals surface area (Å²) in [5, 5.41) is 9.70. The van der Waals surface area contributed by atoms with Gasteiger partial charge in [0.1, 0.15) is 0 Å². The van der Waals surface area contributed by atoms with Gasteiger partial charge in [-0.3, -0.25) is 0 Å². The number of unbranched alkanes of at least 4 members (excludes halogenated alkanes) is 25. The SMILES string of the molecule is CCCCCCCCCCCCCCCCCCCCCCCCCCCCC(O)CCS(=O)(=O)[O-].[Na+]. The van der Waals surface area contributed by atoms with E-state index in [1.54, 1.807) is 0 Å². The molecule has 1 N–H and O–H groups in total. The van der Waals surface area contributed by atoms with Crippen LogP contribution in [0.15, 0.2) is 0 Å². The average Bonchev–Trinajstić information content (AvgIpc) is 2.84. The second kappa shape index (κ2) is 31.4. The summed E-state index contributed by atoms with van der Waals surface area (Å²) in [5.74, 6) is -0.451. The van der Waals surface area contributed by atoms with Crippen LogP contribution in [0, 0.1) is 0 Å². The Morgan fingerprint density at radius 2 is 0.730 bits per heavy atom. The standard InChI is InChI=1S/C31H64O4S.Na/c1-2-3-4-5-6-7-8-9-10-11-12-13-14-15-16-17-18-19-20-21-22-23-24-25-26-27-28-31(32)29-30-36(33,34)35;/h31-32H,2-30H2,1H3,(H,33,34,35);/q;+1/p-1.